The van der Waals surface area contributed by atoms with Gasteiger partial charge in [-0.15, -0.1) is 0 Å². The molecule has 3 aromatic carbocycles. The average molecular weight is 518 g/mol. The Labute approximate surface area is 202 Å². The topological polar surface area (TPSA) is 43.0 Å². The van der Waals surface area contributed by atoms with Gasteiger partial charge in [-0.3, -0.25) is 0 Å². The van der Waals surface area contributed by atoms with Gasteiger partial charge in [-0.25, -0.2) is 0 Å². The lowest BCUT2D eigenvalue weighted by Gasteiger charge is -2.29. The molecular weight excluding hydrogens is 492 g/mol. The summed E-state index contributed by atoms with van der Waals surface area (Å²) >= 11 is 10.2. The normalized spacial score (nSPS) is 13.7. The van der Waals surface area contributed by atoms with Crippen LogP contribution in [0.2, 0.25) is 5.02 Å². The highest BCUT2D eigenvalue weighted by molar-refractivity contribution is 9.10. The Hall–Kier alpha value is -2.41. The van der Waals surface area contributed by atoms with Crippen molar-refractivity contribution in [2.45, 2.75) is 13.2 Å². The smallest absolute Gasteiger partial charge is 0.175 e. The fraction of sp³-hybridized carbons (Fsp3) is 0.280. The quantitative estimate of drug-likeness (QED) is 0.389. The molecule has 0 aromatic heterocycles. The van der Waals surface area contributed by atoms with Crippen molar-refractivity contribution in [2.75, 3.05) is 43.6 Å². The van der Waals surface area contributed by atoms with Crippen LogP contribution in [0, 0.1) is 0 Å². The second-order valence-electron chi connectivity index (χ2n) is 7.50. The summed E-state index contributed by atoms with van der Waals surface area (Å²) in [6.45, 7) is 4.29. The van der Waals surface area contributed by atoms with E-state index in [4.69, 9.17) is 25.8 Å². The molecule has 7 heteroatoms. The van der Waals surface area contributed by atoms with Gasteiger partial charge in [0.25, 0.3) is 0 Å². The van der Waals surface area contributed by atoms with E-state index in [0.717, 1.165) is 58.3 Å². The van der Waals surface area contributed by atoms with E-state index in [2.05, 4.69) is 38.3 Å². The molecule has 0 spiro atoms. The molecule has 0 unspecified atom stereocenters. The van der Waals surface area contributed by atoms with Crippen LogP contribution in [0.4, 0.5) is 11.4 Å². The summed E-state index contributed by atoms with van der Waals surface area (Å²) in [5.41, 5.74) is 4.18. The van der Waals surface area contributed by atoms with Gasteiger partial charge in [0.05, 0.1) is 35.5 Å². The van der Waals surface area contributed by atoms with Crippen molar-refractivity contribution in [1.29, 1.82) is 0 Å². The Morgan fingerprint density at radius 2 is 1.81 bits per heavy atom. The SMILES string of the molecule is COc1cc(CNc2ccc(N3CCOCC3)c(Cl)c2)cc(Br)c1OCc1ccccc1. The molecule has 1 N–H and O–H groups in total. The fourth-order valence-corrected chi connectivity index (χ4v) is 4.53. The second-order valence-corrected chi connectivity index (χ2v) is 8.76. The third kappa shape index (κ3) is 5.68. The monoisotopic (exact) mass is 516 g/mol. The minimum Gasteiger partial charge on any atom is -0.493 e. The van der Waals surface area contributed by atoms with Gasteiger partial charge in [-0.1, -0.05) is 41.9 Å². The van der Waals surface area contributed by atoms with Crippen LogP contribution in [0.1, 0.15) is 11.1 Å². The Morgan fingerprint density at radius 1 is 1.03 bits per heavy atom. The maximum atomic E-state index is 6.56. The lowest BCUT2D eigenvalue weighted by molar-refractivity contribution is 0.122. The molecule has 3 aromatic rings. The maximum Gasteiger partial charge on any atom is 0.175 e. The first kappa shape index (κ1) is 22.8. The van der Waals surface area contributed by atoms with E-state index < -0.39 is 0 Å². The summed E-state index contributed by atoms with van der Waals surface area (Å²) in [7, 11) is 1.65. The van der Waals surface area contributed by atoms with Crippen molar-refractivity contribution in [3.05, 3.63) is 81.3 Å². The van der Waals surface area contributed by atoms with Crippen LogP contribution in [0.5, 0.6) is 11.5 Å². The van der Waals surface area contributed by atoms with E-state index in [1.54, 1.807) is 7.11 Å². The van der Waals surface area contributed by atoms with Crippen LogP contribution in [0.15, 0.2) is 65.1 Å². The molecule has 0 saturated carbocycles. The van der Waals surface area contributed by atoms with E-state index in [1.807, 2.05) is 48.5 Å². The first-order valence-corrected chi connectivity index (χ1v) is 11.7. The number of methoxy groups -OCH3 is 1. The Kier molecular flexibility index (Phi) is 7.79. The first-order valence-electron chi connectivity index (χ1n) is 10.5. The Bertz CT molecular complexity index is 1040. The molecule has 0 radical (unpaired) electrons. The zero-order chi connectivity index (χ0) is 22.3. The van der Waals surface area contributed by atoms with E-state index in [-0.39, 0.29) is 0 Å². The van der Waals surface area contributed by atoms with Crippen LogP contribution in [0.25, 0.3) is 0 Å². The number of morpholine rings is 1. The number of hydrogen-bond donors (Lipinski definition) is 1. The number of anilines is 2. The lowest BCUT2D eigenvalue weighted by atomic mass is 10.2. The predicted octanol–water partition coefficient (Wildman–Crippen LogP) is 6.14. The molecule has 0 aliphatic carbocycles. The van der Waals surface area contributed by atoms with Gasteiger partial charge in [-0.2, -0.15) is 0 Å². The minimum atomic E-state index is 0.474. The molecule has 1 aliphatic rings. The summed E-state index contributed by atoms with van der Waals surface area (Å²) in [5, 5.41) is 4.18. The van der Waals surface area contributed by atoms with Gasteiger partial charge in [0, 0.05) is 25.3 Å². The molecule has 1 aliphatic heterocycles. The van der Waals surface area contributed by atoms with Gasteiger partial charge in [0.15, 0.2) is 11.5 Å². The summed E-state index contributed by atoms with van der Waals surface area (Å²) < 4.78 is 17.9. The molecule has 0 bridgehead atoms. The van der Waals surface area contributed by atoms with Crippen LogP contribution >= 0.6 is 27.5 Å². The van der Waals surface area contributed by atoms with E-state index in [1.165, 1.54) is 0 Å². The zero-order valence-electron chi connectivity index (χ0n) is 17.9. The van der Waals surface area contributed by atoms with Crippen LogP contribution in [-0.2, 0) is 17.9 Å². The van der Waals surface area contributed by atoms with Crippen molar-refractivity contribution in [3.63, 3.8) is 0 Å². The molecular formula is C25H26BrClN2O3. The molecule has 4 rings (SSSR count). The van der Waals surface area contributed by atoms with Gasteiger partial charge >= 0.3 is 0 Å². The molecule has 1 saturated heterocycles. The molecule has 1 heterocycles. The number of halogens is 2. The van der Waals surface area contributed by atoms with Crippen molar-refractivity contribution in [2.24, 2.45) is 0 Å². The van der Waals surface area contributed by atoms with E-state index >= 15 is 0 Å². The molecule has 0 atom stereocenters. The summed E-state index contributed by atoms with van der Waals surface area (Å²) in [5.74, 6) is 1.38. The number of hydrogen-bond acceptors (Lipinski definition) is 5. The van der Waals surface area contributed by atoms with Crippen LogP contribution in [-0.4, -0.2) is 33.4 Å². The number of rotatable bonds is 8. The van der Waals surface area contributed by atoms with E-state index in [0.29, 0.717) is 24.7 Å². The molecule has 32 heavy (non-hydrogen) atoms. The van der Waals surface area contributed by atoms with Gasteiger partial charge in [0.2, 0.25) is 0 Å². The third-order valence-electron chi connectivity index (χ3n) is 5.31. The average Bonchev–Trinajstić information content (AvgIpc) is 2.83. The summed E-state index contributed by atoms with van der Waals surface area (Å²) in [6.07, 6.45) is 0. The molecule has 5 nitrogen and oxygen atoms in total. The van der Waals surface area contributed by atoms with Gasteiger partial charge in [0.1, 0.15) is 6.61 Å². The maximum absolute atomic E-state index is 6.56. The third-order valence-corrected chi connectivity index (χ3v) is 6.20. The first-order chi connectivity index (χ1) is 15.6. The number of ether oxygens (including phenoxy) is 3. The van der Waals surface area contributed by atoms with Crippen molar-refractivity contribution >= 4 is 38.9 Å². The highest BCUT2D eigenvalue weighted by atomic mass is 79.9. The summed E-state index contributed by atoms with van der Waals surface area (Å²) in [4.78, 5) is 2.26. The summed E-state index contributed by atoms with van der Waals surface area (Å²) in [6, 6.07) is 20.2. The largest absolute Gasteiger partial charge is 0.493 e. The standard InChI is InChI=1S/C25H26BrClN2O3/c1-30-24-14-19(13-21(26)25(24)32-17-18-5-3-2-4-6-18)16-28-20-7-8-23(22(27)15-20)29-9-11-31-12-10-29/h2-8,13-15,28H,9-12,16-17H2,1H3. The Balaban J connectivity index is 1.42. The van der Waals surface area contributed by atoms with Gasteiger partial charge in [-0.05, 0) is 57.4 Å². The van der Waals surface area contributed by atoms with Crippen LogP contribution in [0.3, 0.4) is 0 Å². The highest BCUT2D eigenvalue weighted by Gasteiger charge is 2.15. The fourth-order valence-electron chi connectivity index (χ4n) is 3.63. The van der Waals surface area contributed by atoms with Crippen molar-refractivity contribution in [1.82, 2.24) is 0 Å². The molecule has 168 valence electrons. The van der Waals surface area contributed by atoms with Crippen molar-refractivity contribution < 1.29 is 14.2 Å². The van der Waals surface area contributed by atoms with Crippen molar-refractivity contribution in [3.8, 4) is 11.5 Å². The van der Waals surface area contributed by atoms with E-state index in [9.17, 15) is 0 Å². The second kappa shape index (κ2) is 10.9. The minimum absolute atomic E-state index is 0.474. The number of benzene rings is 3. The number of nitrogens with zero attached hydrogens (tertiary/aromatic N) is 1. The highest BCUT2D eigenvalue weighted by Crippen LogP contribution is 2.37. The van der Waals surface area contributed by atoms with Crippen LogP contribution < -0.4 is 19.7 Å². The lowest BCUT2D eigenvalue weighted by Crippen LogP contribution is -2.36. The molecule has 1 fully saturated rings. The van der Waals surface area contributed by atoms with Gasteiger partial charge < -0.3 is 24.4 Å². The zero-order valence-corrected chi connectivity index (χ0v) is 20.3. The predicted molar refractivity (Wildman–Crippen MR) is 133 cm³/mol. The Morgan fingerprint density at radius 3 is 2.53 bits per heavy atom. The number of nitrogens with one attached hydrogen (secondary N) is 1. The molecule has 0 amide bonds.